The first-order valence-electron chi connectivity index (χ1n) is 7.11. The molecule has 4 heterocycles. The zero-order chi connectivity index (χ0) is 16.1. The maximum absolute atomic E-state index is 11.6. The molecule has 0 aliphatic rings. The van der Waals surface area contributed by atoms with Gasteiger partial charge in [-0.25, -0.2) is 9.97 Å². The van der Waals surface area contributed by atoms with Gasteiger partial charge in [-0.05, 0) is 36.4 Å². The fourth-order valence-corrected chi connectivity index (χ4v) is 4.57. The van der Waals surface area contributed by atoms with Crippen molar-refractivity contribution in [1.29, 1.82) is 0 Å². The van der Waals surface area contributed by atoms with Gasteiger partial charge in [0.15, 0.2) is 11.5 Å². The van der Waals surface area contributed by atoms with E-state index in [1.807, 2.05) is 24.3 Å². The van der Waals surface area contributed by atoms with Crippen LogP contribution < -0.4 is 4.06 Å². The maximum Gasteiger partial charge on any atom is 0.288 e. The van der Waals surface area contributed by atoms with Crippen LogP contribution in [0.5, 0.6) is 0 Å². The topological polar surface area (TPSA) is 69.1 Å². The van der Waals surface area contributed by atoms with Gasteiger partial charge in [0.1, 0.15) is 11.4 Å². The van der Waals surface area contributed by atoms with E-state index >= 15 is 0 Å². The van der Waals surface area contributed by atoms with E-state index in [2.05, 4.69) is 0 Å². The number of benzene rings is 1. The Bertz CT molecular complexity index is 1120. The van der Waals surface area contributed by atoms with Crippen molar-refractivity contribution in [3.63, 3.8) is 0 Å². The van der Waals surface area contributed by atoms with E-state index in [1.54, 1.807) is 24.7 Å². The Kier molecular flexibility index (Phi) is 2.91. The molecular formula is C17H8N2O3S2. The van der Waals surface area contributed by atoms with Crippen LogP contribution in [0.4, 0.5) is 0 Å². The Morgan fingerprint density at radius 3 is 1.71 bits per heavy atom. The van der Waals surface area contributed by atoms with Gasteiger partial charge < -0.3 is 8.83 Å². The van der Waals surface area contributed by atoms with Crippen LogP contribution in [-0.2, 0) is 0 Å². The summed E-state index contributed by atoms with van der Waals surface area (Å²) in [5.41, 5.74) is 2.67. The lowest BCUT2D eigenvalue weighted by molar-refractivity contribution is 0.572. The molecular weight excluding hydrogens is 344 g/mol. The molecule has 0 fully saturated rings. The number of fused-ring (bicyclic) bond motifs is 2. The van der Waals surface area contributed by atoms with E-state index < -0.39 is 0 Å². The molecule has 0 N–H and O–H groups in total. The van der Waals surface area contributed by atoms with Crippen LogP contribution >= 0.6 is 22.7 Å². The highest BCUT2D eigenvalue weighted by atomic mass is 32.2. The predicted octanol–water partition coefficient (Wildman–Crippen LogP) is 4.79. The fraction of sp³-hybridized carbons (Fsp3) is 0. The van der Waals surface area contributed by atoms with E-state index in [0.29, 0.717) is 22.9 Å². The van der Waals surface area contributed by atoms with Gasteiger partial charge in [-0.3, -0.25) is 4.79 Å². The summed E-state index contributed by atoms with van der Waals surface area (Å²) in [6, 6.07) is 11.1. The SMILES string of the molecule is O=c1sc2cc3nc(-c4ccco4)c(-c4ccco4)nc3cc2s1. The van der Waals surface area contributed by atoms with Gasteiger partial charge in [0.05, 0.1) is 33.0 Å². The summed E-state index contributed by atoms with van der Waals surface area (Å²) in [4.78, 5) is 21.1. The molecule has 0 aliphatic heterocycles. The first-order valence-corrected chi connectivity index (χ1v) is 8.74. The van der Waals surface area contributed by atoms with Crippen LogP contribution in [0, 0.1) is 0 Å². The summed E-state index contributed by atoms with van der Waals surface area (Å²) in [7, 11) is 0. The summed E-state index contributed by atoms with van der Waals surface area (Å²) < 4.78 is 12.9. The average molecular weight is 352 g/mol. The van der Waals surface area contributed by atoms with Crippen molar-refractivity contribution in [1.82, 2.24) is 9.97 Å². The third-order valence-electron chi connectivity index (χ3n) is 3.63. The van der Waals surface area contributed by atoms with Crippen LogP contribution in [-0.4, -0.2) is 9.97 Å². The Labute approximate surface area is 142 Å². The standard InChI is InChI=1S/C17H8N2O3S2/c20-17-23-13-7-9-10(8-14(13)24-17)19-16(12-4-2-6-22-12)15(18-9)11-3-1-5-21-11/h1-8H. The highest BCUT2D eigenvalue weighted by molar-refractivity contribution is 7.35. The predicted molar refractivity (Wildman–Crippen MR) is 94.5 cm³/mol. The average Bonchev–Trinajstić information content (AvgIpc) is 3.31. The van der Waals surface area contributed by atoms with Crippen molar-refractivity contribution in [3.05, 3.63) is 57.8 Å². The Morgan fingerprint density at radius 1 is 0.792 bits per heavy atom. The lowest BCUT2D eigenvalue weighted by Crippen LogP contribution is -1.93. The molecule has 0 saturated heterocycles. The zero-order valence-electron chi connectivity index (χ0n) is 12.1. The van der Waals surface area contributed by atoms with Crippen molar-refractivity contribution in [2.24, 2.45) is 0 Å². The first kappa shape index (κ1) is 13.6. The molecule has 24 heavy (non-hydrogen) atoms. The van der Waals surface area contributed by atoms with Crippen LogP contribution in [0.1, 0.15) is 0 Å². The number of aromatic nitrogens is 2. The highest BCUT2D eigenvalue weighted by Crippen LogP contribution is 2.33. The number of furan rings is 2. The van der Waals surface area contributed by atoms with Crippen molar-refractivity contribution in [2.75, 3.05) is 0 Å². The van der Waals surface area contributed by atoms with Gasteiger partial charge in [-0.1, -0.05) is 22.7 Å². The lowest BCUT2D eigenvalue weighted by atomic mass is 10.2. The molecule has 7 heteroatoms. The van der Waals surface area contributed by atoms with Crippen molar-refractivity contribution < 1.29 is 8.83 Å². The van der Waals surface area contributed by atoms with Crippen LogP contribution in [0.3, 0.4) is 0 Å². The number of rotatable bonds is 2. The molecule has 0 radical (unpaired) electrons. The van der Waals surface area contributed by atoms with Crippen molar-refractivity contribution >= 4 is 43.1 Å². The molecule has 0 bridgehead atoms. The van der Waals surface area contributed by atoms with E-state index in [9.17, 15) is 4.79 Å². The number of hydrogen-bond acceptors (Lipinski definition) is 7. The largest absolute Gasteiger partial charge is 0.463 e. The van der Waals surface area contributed by atoms with Gasteiger partial charge >= 0.3 is 0 Å². The molecule has 4 aromatic heterocycles. The monoisotopic (exact) mass is 352 g/mol. The maximum atomic E-state index is 11.6. The molecule has 0 spiro atoms. The van der Waals surface area contributed by atoms with Gasteiger partial charge in [-0.15, -0.1) is 0 Å². The molecule has 5 rings (SSSR count). The molecule has 5 aromatic rings. The Hall–Kier alpha value is -2.77. The Balaban J connectivity index is 1.88. The normalized spacial score (nSPS) is 11.5. The third-order valence-corrected chi connectivity index (χ3v) is 5.70. The fourth-order valence-electron chi connectivity index (χ4n) is 2.59. The number of hydrogen-bond donors (Lipinski definition) is 0. The molecule has 0 atom stereocenters. The second-order valence-electron chi connectivity index (χ2n) is 5.12. The summed E-state index contributed by atoms with van der Waals surface area (Å²) in [6.07, 6.45) is 3.20. The minimum absolute atomic E-state index is 0.0674. The summed E-state index contributed by atoms with van der Waals surface area (Å²) in [6.45, 7) is 0. The van der Waals surface area contributed by atoms with Gasteiger partial charge in [0.25, 0.3) is 4.06 Å². The summed E-state index contributed by atoms with van der Waals surface area (Å²) >= 11 is 2.45. The van der Waals surface area contributed by atoms with Gasteiger partial charge in [-0.2, -0.15) is 0 Å². The van der Waals surface area contributed by atoms with Crippen LogP contribution in [0.25, 0.3) is 43.3 Å². The minimum Gasteiger partial charge on any atom is -0.463 e. The smallest absolute Gasteiger partial charge is 0.288 e. The van der Waals surface area contributed by atoms with Crippen LogP contribution in [0.2, 0.25) is 0 Å². The molecule has 0 unspecified atom stereocenters. The lowest BCUT2D eigenvalue weighted by Gasteiger charge is -2.06. The molecule has 0 amide bonds. The third kappa shape index (κ3) is 2.10. The molecule has 5 nitrogen and oxygen atoms in total. The Morgan fingerprint density at radius 2 is 1.29 bits per heavy atom. The van der Waals surface area contributed by atoms with E-state index in [1.165, 1.54) is 22.7 Å². The van der Waals surface area contributed by atoms with Crippen LogP contribution in [0.15, 0.2) is 62.6 Å². The highest BCUT2D eigenvalue weighted by Gasteiger charge is 2.17. The van der Waals surface area contributed by atoms with E-state index in [-0.39, 0.29) is 4.06 Å². The van der Waals surface area contributed by atoms with E-state index in [0.717, 1.165) is 20.4 Å². The second-order valence-corrected chi connectivity index (χ2v) is 7.41. The summed E-state index contributed by atoms with van der Waals surface area (Å²) in [5.74, 6) is 1.24. The van der Waals surface area contributed by atoms with Crippen molar-refractivity contribution in [2.45, 2.75) is 0 Å². The number of nitrogens with zero attached hydrogens (tertiary/aromatic N) is 2. The van der Waals surface area contributed by atoms with Gasteiger partial charge in [0, 0.05) is 0 Å². The zero-order valence-corrected chi connectivity index (χ0v) is 13.7. The van der Waals surface area contributed by atoms with Gasteiger partial charge in [0.2, 0.25) is 0 Å². The molecule has 0 aliphatic carbocycles. The summed E-state index contributed by atoms with van der Waals surface area (Å²) in [5, 5.41) is 0. The van der Waals surface area contributed by atoms with Crippen molar-refractivity contribution in [3.8, 4) is 22.9 Å². The minimum atomic E-state index is 0.0674. The van der Waals surface area contributed by atoms with E-state index in [4.69, 9.17) is 18.8 Å². The molecule has 116 valence electrons. The second kappa shape index (κ2) is 5.12. The first-order chi connectivity index (χ1) is 11.8. The quantitative estimate of drug-likeness (QED) is 0.457. The molecule has 1 aromatic carbocycles. The molecule has 0 saturated carbocycles.